The van der Waals surface area contributed by atoms with Crippen LogP contribution in [0, 0.1) is 11.8 Å². The highest BCUT2D eigenvalue weighted by atomic mass is 35.5. The Hall–Kier alpha value is -4.76. The summed E-state index contributed by atoms with van der Waals surface area (Å²) in [7, 11) is 1.49. The lowest BCUT2D eigenvalue weighted by atomic mass is 9.82. The van der Waals surface area contributed by atoms with Crippen LogP contribution in [0.2, 0.25) is 5.02 Å². The van der Waals surface area contributed by atoms with Crippen LogP contribution >= 0.6 is 11.6 Å². The molecule has 5 rings (SSSR count). The number of imide groups is 1. The first-order chi connectivity index (χ1) is 20.2. The molecular weight excluding hydrogens is 560 g/mol. The van der Waals surface area contributed by atoms with E-state index in [2.05, 4.69) is 0 Å². The standard InChI is InChI=1S/C32H27ClN2O7/c1-19-10-15-24-26(16-19)31(39)35(30(24)38)34(29(37)25-8-3-4-9-27(25)33)18-28(36)20-11-13-22(14-12-20)42-32(40)21-6-5-7-23(17-21)41-2/h3-14,17,24,26H,15-16,18H2,1-2H3/t24-,26+/m1/s1. The Bertz CT molecular complexity index is 1620. The van der Waals surface area contributed by atoms with Crippen LogP contribution in [-0.2, 0) is 9.59 Å². The van der Waals surface area contributed by atoms with Gasteiger partial charge in [0.15, 0.2) is 5.78 Å². The van der Waals surface area contributed by atoms with Gasteiger partial charge in [-0.1, -0.05) is 41.4 Å². The molecular formula is C32H27ClN2O7. The van der Waals surface area contributed by atoms with Gasteiger partial charge in [-0.3, -0.25) is 19.2 Å². The zero-order valence-electron chi connectivity index (χ0n) is 22.9. The number of ketones is 1. The number of methoxy groups -OCH3 is 1. The minimum absolute atomic E-state index is 0.0524. The molecule has 2 atom stereocenters. The van der Waals surface area contributed by atoms with Gasteiger partial charge in [-0.25, -0.2) is 9.80 Å². The maximum absolute atomic E-state index is 13.7. The largest absolute Gasteiger partial charge is 0.497 e. The number of amides is 3. The van der Waals surface area contributed by atoms with Crippen molar-refractivity contribution in [3.05, 3.63) is 106 Å². The van der Waals surface area contributed by atoms with E-state index in [-0.39, 0.29) is 27.5 Å². The number of ether oxygens (including phenoxy) is 2. The lowest BCUT2D eigenvalue weighted by molar-refractivity contribution is -0.154. The minimum Gasteiger partial charge on any atom is -0.497 e. The van der Waals surface area contributed by atoms with Crippen LogP contribution < -0.4 is 9.47 Å². The Balaban J connectivity index is 1.37. The summed E-state index contributed by atoms with van der Waals surface area (Å²) in [6.07, 6.45) is 2.71. The topological polar surface area (TPSA) is 110 Å². The van der Waals surface area contributed by atoms with Crippen LogP contribution in [0.4, 0.5) is 0 Å². The number of allylic oxidation sites excluding steroid dienone is 2. The molecule has 1 heterocycles. The van der Waals surface area contributed by atoms with E-state index in [1.807, 2.05) is 13.0 Å². The lowest BCUT2D eigenvalue weighted by Gasteiger charge is -2.30. The number of benzene rings is 3. The number of halogens is 1. The molecule has 0 aromatic heterocycles. The van der Waals surface area contributed by atoms with Crippen molar-refractivity contribution in [2.75, 3.05) is 13.7 Å². The molecule has 0 radical (unpaired) electrons. The molecule has 3 amide bonds. The summed E-state index contributed by atoms with van der Waals surface area (Å²) in [5, 5.41) is 1.82. The van der Waals surface area contributed by atoms with Crippen molar-refractivity contribution >= 4 is 41.1 Å². The zero-order valence-corrected chi connectivity index (χ0v) is 23.7. The molecule has 3 aromatic rings. The average Bonchev–Trinajstić information content (AvgIpc) is 3.24. The first-order valence-corrected chi connectivity index (χ1v) is 13.6. The lowest BCUT2D eigenvalue weighted by Crippen LogP contribution is -2.52. The predicted octanol–water partition coefficient (Wildman–Crippen LogP) is 5.15. The van der Waals surface area contributed by atoms with Gasteiger partial charge in [0.1, 0.15) is 18.0 Å². The van der Waals surface area contributed by atoms with E-state index in [9.17, 15) is 24.0 Å². The third-order valence-electron chi connectivity index (χ3n) is 7.37. The smallest absolute Gasteiger partial charge is 0.343 e. The molecule has 0 saturated carbocycles. The molecule has 1 aliphatic heterocycles. The monoisotopic (exact) mass is 586 g/mol. The number of hydrazine groups is 1. The average molecular weight is 587 g/mol. The normalized spacial score (nSPS) is 17.8. The van der Waals surface area contributed by atoms with Crippen molar-refractivity contribution < 1.29 is 33.4 Å². The van der Waals surface area contributed by atoms with Crippen molar-refractivity contribution in [3.8, 4) is 11.5 Å². The molecule has 1 fully saturated rings. The van der Waals surface area contributed by atoms with Gasteiger partial charge < -0.3 is 9.47 Å². The van der Waals surface area contributed by atoms with E-state index < -0.39 is 47.9 Å². The summed E-state index contributed by atoms with van der Waals surface area (Å²) in [6, 6.07) is 18.5. The number of hydrogen-bond donors (Lipinski definition) is 0. The maximum Gasteiger partial charge on any atom is 0.343 e. The number of carbonyl (C=O) groups excluding carboxylic acids is 5. The van der Waals surface area contributed by atoms with Gasteiger partial charge in [0, 0.05) is 5.56 Å². The van der Waals surface area contributed by atoms with Crippen molar-refractivity contribution in [1.82, 2.24) is 10.0 Å². The van der Waals surface area contributed by atoms with Gasteiger partial charge in [-0.15, -0.1) is 0 Å². The Kier molecular flexibility index (Phi) is 8.22. The molecule has 0 N–H and O–H groups in total. The molecule has 9 nitrogen and oxygen atoms in total. The second-order valence-corrected chi connectivity index (χ2v) is 10.5. The molecule has 1 aliphatic carbocycles. The first kappa shape index (κ1) is 28.8. The molecule has 3 aromatic carbocycles. The summed E-state index contributed by atoms with van der Waals surface area (Å²) in [4.78, 5) is 66.6. The predicted molar refractivity (Wildman–Crippen MR) is 153 cm³/mol. The summed E-state index contributed by atoms with van der Waals surface area (Å²) < 4.78 is 10.5. The number of esters is 1. The van der Waals surface area contributed by atoms with Gasteiger partial charge in [0.05, 0.1) is 35.1 Å². The maximum atomic E-state index is 13.7. The Morgan fingerprint density at radius 3 is 2.33 bits per heavy atom. The summed E-state index contributed by atoms with van der Waals surface area (Å²) in [6.45, 7) is 1.31. The van der Waals surface area contributed by atoms with Crippen LogP contribution in [0.25, 0.3) is 0 Å². The van der Waals surface area contributed by atoms with E-state index >= 15 is 0 Å². The molecule has 2 aliphatic rings. The molecule has 10 heteroatoms. The third kappa shape index (κ3) is 5.69. The van der Waals surface area contributed by atoms with Crippen LogP contribution in [0.3, 0.4) is 0 Å². The van der Waals surface area contributed by atoms with Gasteiger partial charge >= 0.3 is 5.97 Å². The fraction of sp³-hybridized carbons (Fsp3) is 0.219. The second-order valence-electron chi connectivity index (χ2n) is 10.1. The van der Waals surface area contributed by atoms with Crippen molar-refractivity contribution in [3.63, 3.8) is 0 Å². The highest BCUT2D eigenvalue weighted by Gasteiger charge is 2.51. The van der Waals surface area contributed by atoms with Gasteiger partial charge in [0.25, 0.3) is 17.7 Å². The van der Waals surface area contributed by atoms with Crippen LogP contribution in [0.1, 0.15) is 50.8 Å². The Morgan fingerprint density at radius 1 is 0.905 bits per heavy atom. The van der Waals surface area contributed by atoms with Gasteiger partial charge in [0.2, 0.25) is 0 Å². The Morgan fingerprint density at radius 2 is 1.62 bits per heavy atom. The number of carbonyl (C=O) groups is 5. The summed E-state index contributed by atoms with van der Waals surface area (Å²) in [5.41, 5.74) is 1.51. The van der Waals surface area contributed by atoms with Crippen molar-refractivity contribution in [2.45, 2.75) is 19.8 Å². The highest BCUT2D eigenvalue weighted by Crippen LogP contribution is 2.39. The molecule has 0 bridgehead atoms. The van der Waals surface area contributed by atoms with E-state index in [0.717, 1.165) is 15.6 Å². The number of fused-ring (bicyclic) bond motifs is 1. The SMILES string of the molecule is COc1cccc(C(=O)Oc2ccc(C(=O)CN(C(=O)c3ccccc3Cl)N3C(=O)[C@H]4CC(C)=CC[C@H]4C3=O)cc2)c1. The summed E-state index contributed by atoms with van der Waals surface area (Å²) in [5.74, 6) is -3.45. The number of nitrogens with zero attached hydrogens (tertiary/aromatic N) is 2. The van der Waals surface area contributed by atoms with E-state index in [1.165, 1.54) is 43.5 Å². The second kappa shape index (κ2) is 12.0. The molecule has 0 spiro atoms. The quantitative estimate of drug-likeness (QED) is 0.118. The first-order valence-electron chi connectivity index (χ1n) is 13.3. The van der Waals surface area contributed by atoms with Crippen LogP contribution in [0.5, 0.6) is 11.5 Å². The van der Waals surface area contributed by atoms with E-state index in [4.69, 9.17) is 21.1 Å². The number of rotatable bonds is 8. The molecule has 42 heavy (non-hydrogen) atoms. The molecule has 0 unspecified atom stereocenters. The minimum atomic E-state index is -0.747. The van der Waals surface area contributed by atoms with Gasteiger partial charge in [-0.2, -0.15) is 5.01 Å². The highest BCUT2D eigenvalue weighted by molar-refractivity contribution is 6.34. The van der Waals surface area contributed by atoms with Crippen molar-refractivity contribution in [1.29, 1.82) is 0 Å². The fourth-order valence-electron chi connectivity index (χ4n) is 5.12. The summed E-state index contributed by atoms with van der Waals surface area (Å²) >= 11 is 6.28. The van der Waals surface area contributed by atoms with Crippen LogP contribution in [0.15, 0.2) is 84.4 Å². The number of Topliss-reactive ketones (excluding diaryl/α,β-unsaturated/α-hetero) is 1. The van der Waals surface area contributed by atoms with Crippen molar-refractivity contribution in [2.24, 2.45) is 11.8 Å². The van der Waals surface area contributed by atoms with E-state index in [0.29, 0.717) is 18.6 Å². The Labute approximate surface area is 247 Å². The fourth-order valence-corrected chi connectivity index (χ4v) is 5.33. The number of hydrogen-bond acceptors (Lipinski definition) is 7. The third-order valence-corrected chi connectivity index (χ3v) is 7.70. The molecule has 214 valence electrons. The molecule has 1 saturated heterocycles. The van der Waals surface area contributed by atoms with Crippen LogP contribution in [-0.4, -0.2) is 53.1 Å². The van der Waals surface area contributed by atoms with Gasteiger partial charge in [-0.05, 0) is 74.4 Å². The zero-order chi connectivity index (χ0) is 30.0. The van der Waals surface area contributed by atoms with E-state index in [1.54, 1.807) is 36.4 Å².